The number of hydrogen-bond donors (Lipinski definition) is 0. The number of rotatable bonds is 1. The summed E-state index contributed by atoms with van der Waals surface area (Å²) in [6.07, 6.45) is 5.01. The van der Waals surface area contributed by atoms with Crippen LogP contribution in [0, 0.1) is 11.3 Å². The Labute approximate surface area is 117 Å². The lowest BCUT2D eigenvalue weighted by molar-refractivity contribution is -0.00898. The largest absolute Gasteiger partial charge is 0.374 e. The van der Waals surface area contributed by atoms with E-state index in [-0.39, 0.29) is 0 Å². The van der Waals surface area contributed by atoms with Gasteiger partial charge in [0.05, 0.1) is 30.4 Å². The van der Waals surface area contributed by atoms with Crippen molar-refractivity contribution in [3.05, 3.63) is 22.8 Å². The normalized spacial score (nSPS) is 26.6. The van der Waals surface area contributed by atoms with Crippen LogP contribution in [-0.2, 0) is 4.74 Å². The lowest BCUT2D eigenvalue weighted by Crippen LogP contribution is -2.53. The molecular weight excluding hydrogens is 262 g/mol. The van der Waals surface area contributed by atoms with Crippen LogP contribution in [0.25, 0.3) is 0 Å². The quantitative estimate of drug-likeness (QED) is 0.741. The number of nitrogens with zero attached hydrogens (tertiary/aromatic N) is 3. The Bertz CT molecular complexity index is 512. The number of anilines is 1. The maximum absolute atomic E-state index is 9.04. The number of halogens is 1. The summed E-state index contributed by atoms with van der Waals surface area (Å²) < 4.78 is 5.85. The van der Waals surface area contributed by atoms with Crippen molar-refractivity contribution >= 4 is 17.4 Å². The number of aromatic nitrogens is 1. The molecule has 3 rings (SSSR count). The third-order valence-electron chi connectivity index (χ3n) is 3.94. The van der Waals surface area contributed by atoms with Gasteiger partial charge in [-0.05, 0) is 25.0 Å². The van der Waals surface area contributed by atoms with Crippen molar-refractivity contribution in [1.29, 1.82) is 5.26 Å². The van der Waals surface area contributed by atoms with Crippen molar-refractivity contribution in [2.75, 3.05) is 18.1 Å². The zero-order valence-corrected chi connectivity index (χ0v) is 11.4. The maximum Gasteiger partial charge on any atom is 0.132 e. The van der Waals surface area contributed by atoms with E-state index in [0.717, 1.165) is 31.8 Å². The van der Waals surface area contributed by atoms with Crippen molar-refractivity contribution in [2.45, 2.75) is 37.8 Å². The van der Waals surface area contributed by atoms with Crippen molar-refractivity contribution in [1.82, 2.24) is 4.98 Å². The average molecular weight is 278 g/mol. The zero-order valence-electron chi connectivity index (χ0n) is 10.7. The van der Waals surface area contributed by atoms with Gasteiger partial charge in [0.15, 0.2) is 0 Å². The Hall–Kier alpha value is -1.31. The number of morpholine rings is 1. The van der Waals surface area contributed by atoms with Crippen molar-refractivity contribution < 1.29 is 4.74 Å². The molecule has 1 saturated heterocycles. The lowest BCUT2D eigenvalue weighted by atomic mass is 9.90. The summed E-state index contributed by atoms with van der Waals surface area (Å²) in [4.78, 5) is 6.65. The summed E-state index contributed by atoms with van der Waals surface area (Å²) in [6, 6.07) is 5.94. The minimum atomic E-state index is 0.300. The van der Waals surface area contributed by atoms with Crippen LogP contribution in [0.2, 0.25) is 5.15 Å². The number of pyridine rings is 1. The Kier molecular flexibility index (Phi) is 3.58. The molecule has 1 saturated carbocycles. The molecule has 1 aliphatic heterocycles. The molecule has 2 fully saturated rings. The van der Waals surface area contributed by atoms with E-state index in [1.165, 1.54) is 12.8 Å². The van der Waals surface area contributed by atoms with Crippen LogP contribution in [0.3, 0.4) is 0 Å². The second-order valence-corrected chi connectivity index (χ2v) is 5.49. The van der Waals surface area contributed by atoms with Gasteiger partial charge in [0, 0.05) is 6.54 Å². The van der Waals surface area contributed by atoms with Gasteiger partial charge in [-0.2, -0.15) is 5.26 Å². The standard InChI is InChI=1S/C14H16ClN3O/c15-13-7-10(9-16)8-14(17-13)18-5-6-19-12-4-2-1-3-11(12)18/h7-8,11-12H,1-6H2. The Morgan fingerprint density at radius 2 is 2.21 bits per heavy atom. The highest BCUT2D eigenvalue weighted by Crippen LogP contribution is 2.32. The molecule has 1 aromatic heterocycles. The molecule has 4 nitrogen and oxygen atoms in total. The van der Waals surface area contributed by atoms with E-state index in [1.54, 1.807) is 6.07 Å². The van der Waals surface area contributed by atoms with E-state index >= 15 is 0 Å². The van der Waals surface area contributed by atoms with Crippen molar-refractivity contribution in [3.63, 3.8) is 0 Å². The Balaban J connectivity index is 1.91. The second-order valence-electron chi connectivity index (χ2n) is 5.10. The first-order valence-electron chi connectivity index (χ1n) is 6.74. The third-order valence-corrected chi connectivity index (χ3v) is 4.13. The van der Waals surface area contributed by atoms with E-state index in [4.69, 9.17) is 21.6 Å². The molecule has 0 amide bonds. The molecule has 2 heterocycles. The fourth-order valence-electron chi connectivity index (χ4n) is 3.08. The molecule has 1 aromatic rings. The van der Waals surface area contributed by atoms with Crippen molar-refractivity contribution in [2.24, 2.45) is 0 Å². The summed E-state index contributed by atoms with van der Waals surface area (Å²) in [5.74, 6) is 0.809. The summed E-state index contributed by atoms with van der Waals surface area (Å²) in [5.41, 5.74) is 0.564. The van der Waals surface area contributed by atoms with Gasteiger partial charge >= 0.3 is 0 Å². The van der Waals surface area contributed by atoms with Gasteiger partial charge in [-0.3, -0.25) is 0 Å². The van der Waals surface area contributed by atoms with Gasteiger partial charge in [0.2, 0.25) is 0 Å². The van der Waals surface area contributed by atoms with Crippen LogP contribution in [-0.4, -0.2) is 30.3 Å². The topological polar surface area (TPSA) is 49.2 Å². The molecule has 100 valence electrons. The van der Waals surface area contributed by atoms with Gasteiger partial charge in [-0.25, -0.2) is 4.98 Å². The number of nitriles is 1. The second kappa shape index (κ2) is 5.36. The molecule has 0 bridgehead atoms. The first kappa shape index (κ1) is 12.7. The van der Waals surface area contributed by atoms with Gasteiger partial charge in [-0.15, -0.1) is 0 Å². The van der Waals surface area contributed by atoms with E-state index in [2.05, 4.69) is 16.0 Å². The number of hydrogen-bond acceptors (Lipinski definition) is 4. The molecule has 2 atom stereocenters. The number of fused-ring (bicyclic) bond motifs is 1. The maximum atomic E-state index is 9.04. The lowest BCUT2D eigenvalue weighted by Gasteiger charge is -2.44. The first-order chi connectivity index (χ1) is 9.28. The smallest absolute Gasteiger partial charge is 0.132 e. The number of ether oxygens (including phenoxy) is 1. The molecule has 0 spiro atoms. The monoisotopic (exact) mass is 277 g/mol. The highest BCUT2D eigenvalue weighted by Gasteiger charge is 2.35. The Morgan fingerprint density at radius 3 is 3.05 bits per heavy atom. The summed E-state index contributed by atoms with van der Waals surface area (Å²) in [7, 11) is 0. The minimum Gasteiger partial charge on any atom is -0.374 e. The summed E-state index contributed by atoms with van der Waals surface area (Å²) >= 11 is 6.00. The average Bonchev–Trinajstić information content (AvgIpc) is 2.46. The van der Waals surface area contributed by atoms with Crippen LogP contribution in [0.1, 0.15) is 31.2 Å². The highest BCUT2D eigenvalue weighted by molar-refractivity contribution is 6.29. The van der Waals surface area contributed by atoms with Crippen LogP contribution in [0.15, 0.2) is 12.1 Å². The molecule has 5 heteroatoms. The molecule has 0 radical (unpaired) electrons. The van der Waals surface area contributed by atoms with E-state index in [0.29, 0.717) is 22.9 Å². The van der Waals surface area contributed by atoms with E-state index < -0.39 is 0 Å². The minimum absolute atomic E-state index is 0.300. The van der Waals surface area contributed by atoms with E-state index in [9.17, 15) is 0 Å². The summed E-state index contributed by atoms with van der Waals surface area (Å²) in [6.45, 7) is 1.54. The molecule has 2 unspecified atom stereocenters. The van der Waals surface area contributed by atoms with Crippen LogP contribution < -0.4 is 4.90 Å². The fourth-order valence-corrected chi connectivity index (χ4v) is 3.28. The predicted octanol–water partition coefficient (Wildman–Crippen LogP) is 2.75. The van der Waals surface area contributed by atoms with Crippen molar-refractivity contribution in [3.8, 4) is 6.07 Å². The SMILES string of the molecule is N#Cc1cc(Cl)nc(N2CCOC3CCCCC32)c1. The molecule has 19 heavy (non-hydrogen) atoms. The molecule has 1 aliphatic carbocycles. The van der Waals surface area contributed by atoms with Gasteiger partial charge in [0.1, 0.15) is 11.0 Å². The van der Waals surface area contributed by atoms with Crippen LogP contribution >= 0.6 is 11.6 Å². The zero-order chi connectivity index (χ0) is 13.2. The molecule has 2 aliphatic rings. The fraction of sp³-hybridized carbons (Fsp3) is 0.571. The van der Waals surface area contributed by atoms with Gasteiger partial charge in [-0.1, -0.05) is 24.4 Å². The van der Waals surface area contributed by atoms with Crippen LogP contribution in [0.4, 0.5) is 5.82 Å². The van der Waals surface area contributed by atoms with Gasteiger partial charge < -0.3 is 9.64 Å². The van der Waals surface area contributed by atoms with E-state index in [1.807, 2.05) is 6.07 Å². The molecule has 0 N–H and O–H groups in total. The van der Waals surface area contributed by atoms with Gasteiger partial charge in [0.25, 0.3) is 0 Å². The highest BCUT2D eigenvalue weighted by atomic mass is 35.5. The summed E-state index contributed by atoms with van der Waals surface area (Å²) in [5, 5.41) is 9.42. The molecule has 0 aromatic carbocycles. The molecular formula is C14H16ClN3O. The van der Waals surface area contributed by atoms with Crippen LogP contribution in [0.5, 0.6) is 0 Å². The first-order valence-corrected chi connectivity index (χ1v) is 7.11. The third kappa shape index (κ3) is 2.54. The Morgan fingerprint density at radius 1 is 1.37 bits per heavy atom. The predicted molar refractivity (Wildman–Crippen MR) is 73.3 cm³/mol.